The SMILES string of the molecule is NCc1cccc(Cl)c1NC(=O)Nc1cc2ccccc2cc1C(=O)O. The molecule has 26 heavy (non-hydrogen) atoms. The summed E-state index contributed by atoms with van der Waals surface area (Å²) >= 11 is 6.12. The minimum absolute atomic E-state index is 0.00273. The first-order chi connectivity index (χ1) is 12.5. The molecule has 5 N–H and O–H groups in total. The van der Waals surface area contributed by atoms with Crippen LogP contribution in [0.3, 0.4) is 0 Å². The van der Waals surface area contributed by atoms with Gasteiger partial charge >= 0.3 is 12.0 Å². The number of rotatable bonds is 4. The van der Waals surface area contributed by atoms with Gasteiger partial charge in [0.2, 0.25) is 0 Å². The predicted octanol–water partition coefficient (Wildman–Crippen LogP) is 4.29. The number of nitrogens with one attached hydrogen (secondary N) is 2. The number of nitrogens with two attached hydrogens (primary N) is 1. The Morgan fingerprint density at radius 2 is 1.69 bits per heavy atom. The fraction of sp³-hybridized carbons (Fsp3) is 0.0526. The van der Waals surface area contributed by atoms with Crippen LogP contribution in [0.2, 0.25) is 5.02 Å². The summed E-state index contributed by atoms with van der Waals surface area (Å²) in [7, 11) is 0. The molecular weight excluding hydrogens is 354 g/mol. The van der Waals surface area contributed by atoms with E-state index in [0.29, 0.717) is 16.3 Å². The van der Waals surface area contributed by atoms with Crippen LogP contribution < -0.4 is 16.4 Å². The first kappa shape index (κ1) is 17.7. The van der Waals surface area contributed by atoms with Crippen molar-refractivity contribution in [1.29, 1.82) is 0 Å². The molecule has 0 aliphatic carbocycles. The molecule has 7 heteroatoms. The molecule has 3 rings (SSSR count). The highest BCUT2D eigenvalue weighted by molar-refractivity contribution is 6.34. The maximum absolute atomic E-state index is 12.4. The zero-order valence-corrected chi connectivity index (χ0v) is 14.4. The average Bonchev–Trinajstić information content (AvgIpc) is 2.62. The van der Waals surface area contributed by atoms with Crippen LogP contribution in [0.1, 0.15) is 15.9 Å². The fourth-order valence-electron chi connectivity index (χ4n) is 2.67. The highest BCUT2D eigenvalue weighted by Gasteiger charge is 2.15. The molecule has 0 aromatic heterocycles. The van der Waals surface area contributed by atoms with Crippen LogP contribution in [0, 0.1) is 0 Å². The van der Waals surface area contributed by atoms with Crippen molar-refractivity contribution < 1.29 is 14.7 Å². The molecule has 2 amide bonds. The average molecular weight is 370 g/mol. The third kappa shape index (κ3) is 3.61. The van der Waals surface area contributed by atoms with Crippen molar-refractivity contribution in [2.45, 2.75) is 6.54 Å². The van der Waals surface area contributed by atoms with Crippen LogP contribution in [0.4, 0.5) is 16.2 Å². The Balaban J connectivity index is 1.92. The molecule has 3 aromatic carbocycles. The van der Waals surface area contributed by atoms with Gasteiger partial charge in [-0.15, -0.1) is 0 Å². The van der Waals surface area contributed by atoms with E-state index in [2.05, 4.69) is 10.6 Å². The number of carbonyl (C=O) groups is 2. The highest BCUT2D eigenvalue weighted by atomic mass is 35.5. The van der Waals surface area contributed by atoms with E-state index in [1.807, 2.05) is 24.3 Å². The summed E-state index contributed by atoms with van der Waals surface area (Å²) in [5, 5.41) is 16.6. The van der Waals surface area contributed by atoms with Gasteiger partial charge in [-0.05, 0) is 34.5 Å². The van der Waals surface area contributed by atoms with Gasteiger partial charge < -0.3 is 21.5 Å². The quantitative estimate of drug-likeness (QED) is 0.550. The topological polar surface area (TPSA) is 104 Å². The van der Waals surface area contributed by atoms with Crippen molar-refractivity contribution >= 4 is 45.7 Å². The van der Waals surface area contributed by atoms with Gasteiger partial charge in [-0.2, -0.15) is 0 Å². The Kier molecular flexibility index (Phi) is 5.06. The molecule has 0 atom stereocenters. The molecule has 0 aliphatic heterocycles. The predicted molar refractivity (Wildman–Crippen MR) is 103 cm³/mol. The fourth-order valence-corrected chi connectivity index (χ4v) is 2.91. The van der Waals surface area contributed by atoms with E-state index in [0.717, 1.165) is 10.8 Å². The lowest BCUT2D eigenvalue weighted by Crippen LogP contribution is -2.22. The third-order valence-corrected chi connectivity index (χ3v) is 4.24. The summed E-state index contributed by atoms with van der Waals surface area (Å²) < 4.78 is 0. The van der Waals surface area contributed by atoms with Crippen LogP contribution in [0.25, 0.3) is 10.8 Å². The van der Waals surface area contributed by atoms with E-state index in [1.54, 1.807) is 24.3 Å². The normalized spacial score (nSPS) is 10.5. The lowest BCUT2D eigenvalue weighted by Gasteiger charge is -2.14. The summed E-state index contributed by atoms with van der Waals surface area (Å²) in [5.74, 6) is -1.13. The van der Waals surface area contributed by atoms with E-state index in [9.17, 15) is 14.7 Å². The van der Waals surface area contributed by atoms with Crippen molar-refractivity contribution in [3.05, 3.63) is 70.7 Å². The monoisotopic (exact) mass is 369 g/mol. The molecule has 0 radical (unpaired) electrons. The third-order valence-electron chi connectivity index (χ3n) is 3.92. The summed E-state index contributed by atoms with van der Waals surface area (Å²) in [6, 6.07) is 15.0. The molecule has 0 bridgehead atoms. The van der Waals surface area contributed by atoms with Crippen LogP contribution >= 0.6 is 11.6 Å². The van der Waals surface area contributed by atoms with Gasteiger partial charge in [-0.25, -0.2) is 9.59 Å². The lowest BCUT2D eigenvalue weighted by molar-refractivity contribution is 0.0698. The van der Waals surface area contributed by atoms with E-state index in [1.165, 1.54) is 6.07 Å². The number of hydrogen-bond acceptors (Lipinski definition) is 3. The summed E-state index contributed by atoms with van der Waals surface area (Å²) in [6.07, 6.45) is 0. The number of carbonyl (C=O) groups excluding carboxylic acids is 1. The summed E-state index contributed by atoms with van der Waals surface area (Å²) in [6.45, 7) is 0.201. The summed E-state index contributed by atoms with van der Waals surface area (Å²) in [5.41, 5.74) is 6.92. The van der Waals surface area contributed by atoms with Gasteiger partial charge in [0.25, 0.3) is 0 Å². The maximum Gasteiger partial charge on any atom is 0.337 e. The smallest absolute Gasteiger partial charge is 0.337 e. The van der Waals surface area contributed by atoms with E-state index in [4.69, 9.17) is 17.3 Å². The van der Waals surface area contributed by atoms with Crippen LogP contribution in [-0.2, 0) is 6.54 Å². The van der Waals surface area contributed by atoms with Crippen molar-refractivity contribution in [3.63, 3.8) is 0 Å². The largest absolute Gasteiger partial charge is 0.478 e. The van der Waals surface area contributed by atoms with Gasteiger partial charge in [0.15, 0.2) is 0 Å². The minimum Gasteiger partial charge on any atom is -0.478 e. The number of aromatic carboxylic acids is 1. The first-order valence-electron chi connectivity index (χ1n) is 7.81. The Morgan fingerprint density at radius 1 is 1.00 bits per heavy atom. The van der Waals surface area contributed by atoms with Gasteiger partial charge in [0.05, 0.1) is 22.0 Å². The second-order valence-corrected chi connectivity index (χ2v) is 6.01. The van der Waals surface area contributed by atoms with E-state index < -0.39 is 12.0 Å². The zero-order chi connectivity index (χ0) is 18.7. The molecule has 0 saturated heterocycles. The standard InChI is InChI=1S/C19H16ClN3O3/c20-15-7-3-6-13(10-21)17(15)23-19(26)22-16-9-12-5-2-1-4-11(12)8-14(16)18(24)25/h1-9H,10,21H2,(H,24,25)(H2,22,23,26). The number of hydrogen-bond donors (Lipinski definition) is 4. The summed E-state index contributed by atoms with van der Waals surface area (Å²) in [4.78, 5) is 23.9. The molecule has 3 aromatic rings. The Hall–Kier alpha value is -3.09. The van der Waals surface area contributed by atoms with Crippen LogP contribution in [0.15, 0.2) is 54.6 Å². The van der Waals surface area contributed by atoms with E-state index >= 15 is 0 Å². The number of urea groups is 1. The van der Waals surface area contributed by atoms with Gasteiger partial charge in [-0.3, -0.25) is 0 Å². The van der Waals surface area contributed by atoms with Crippen molar-refractivity contribution in [2.24, 2.45) is 5.73 Å². The second-order valence-electron chi connectivity index (χ2n) is 5.61. The number of para-hydroxylation sites is 1. The number of halogens is 1. The molecule has 0 fully saturated rings. The Morgan fingerprint density at radius 3 is 2.35 bits per heavy atom. The number of carboxylic acid groups (broad SMARTS) is 1. The Labute approximate surface area is 154 Å². The molecule has 0 saturated carbocycles. The maximum atomic E-state index is 12.4. The van der Waals surface area contributed by atoms with Crippen molar-refractivity contribution in [3.8, 4) is 0 Å². The zero-order valence-electron chi connectivity index (χ0n) is 13.6. The first-order valence-corrected chi connectivity index (χ1v) is 8.19. The Bertz CT molecular complexity index is 1000. The molecule has 132 valence electrons. The van der Waals surface area contributed by atoms with Crippen LogP contribution in [-0.4, -0.2) is 17.1 Å². The van der Waals surface area contributed by atoms with E-state index in [-0.39, 0.29) is 17.8 Å². The molecule has 0 spiro atoms. The molecule has 0 unspecified atom stereocenters. The number of fused-ring (bicyclic) bond motifs is 1. The number of amides is 2. The van der Waals surface area contributed by atoms with Gasteiger partial charge in [0, 0.05) is 6.54 Å². The molecular formula is C19H16ClN3O3. The number of anilines is 2. The number of carboxylic acids is 1. The second kappa shape index (κ2) is 7.43. The van der Waals surface area contributed by atoms with Crippen LogP contribution in [0.5, 0.6) is 0 Å². The van der Waals surface area contributed by atoms with Gasteiger partial charge in [0.1, 0.15) is 0 Å². The van der Waals surface area contributed by atoms with Gasteiger partial charge in [-0.1, -0.05) is 48.0 Å². The molecule has 6 nitrogen and oxygen atoms in total. The molecule has 0 aliphatic rings. The molecule has 0 heterocycles. The van der Waals surface area contributed by atoms with Crippen molar-refractivity contribution in [1.82, 2.24) is 0 Å². The van der Waals surface area contributed by atoms with Crippen molar-refractivity contribution in [2.75, 3.05) is 10.6 Å². The lowest BCUT2D eigenvalue weighted by atomic mass is 10.0. The minimum atomic E-state index is -1.13. The number of benzene rings is 3. The highest BCUT2D eigenvalue weighted by Crippen LogP contribution is 2.27.